The molecule has 1 aromatic heterocycles. The fraction of sp³-hybridized carbons (Fsp3) is 0. The smallest absolute Gasteiger partial charge is 0.136 e. The van der Waals surface area contributed by atoms with E-state index in [1.807, 2.05) is 0 Å². The van der Waals surface area contributed by atoms with Gasteiger partial charge < -0.3 is 4.42 Å². The van der Waals surface area contributed by atoms with Crippen LogP contribution in [0.25, 0.3) is 87.6 Å². The summed E-state index contributed by atoms with van der Waals surface area (Å²) >= 11 is 0. The molecule has 200 valence electrons. The van der Waals surface area contributed by atoms with E-state index in [1.54, 1.807) is 24.3 Å². The molecule has 0 atom stereocenters. The lowest BCUT2D eigenvalue weighted by Crippen LogP contribution is -1.92. The average Bonchev–Trinajstić information content (AvgIpc) is 3.69. The van der Waals surface area contributed by atoms with Crippen molar-refractivity contribution in [3.63, 3.8) is 0 Å². The molecule has 8 aromatic carbocycles. The third-order valence-corrected chi connectivity index (χ3v) is 7.27. The highest BCUT2D eigenvalue weighted by atomic mass is 16.3. The van der Waals surface area contributed by atoms with E-state index in [-0.39, 0.29) is 16.6 Å². The first-order chi connectivity index (χ1) is 30.5. The lowest BCUT2D eigenvalue weighted by Gasteiger charge is -2.19. The zero-order valence-corrected chi connectivity index (χ0v) is 21.7. The molecule has 9 rings (SSSR count). The minimum atomic E-state index is -1.00. The predicted octanol–water partition coefficient (Wildman–Crippen LogP) is 12.0. The number of furan rings is 1. The normalized spacial score (nSPS) is 18.9. The number of hydrogen-bond acceptors (Lipinski definition) is 1. The zero-order valence-electron chi connectivity index (χ0n) is 43.7. The Hall–Kier alpha value is -5.66. The lowest BCUT2D eigenvalue weighted by molar-refractivity contribution is 0.669. The molecule has 0 spiro atoms. The van der Waals surface area contributed by atoms with Crippen LogP contribution in [0.15, 0.2) is 162 Å². The van der Waals surface area contributed by atoms with Gasteiger partial charge in [-0.15, -0.1) is 0 Å². The van der Waals surface area contributed by atoms with Crippen molar-refractivity contribution in [2.45, 2.75) is 0 Å². The molecular formula is C42H26O. The standard InChI is InChI=1S/C42H26O/c1-2-12-27(13-3-1)29-24-25-38(31-15-5-4-14-30(29)31)42-36-19-8-6-17-34(36)41(35-18-7-9-20-37(35)42)28-22-23-33-32-16-10-11-21-39(32)43-40(33)26-28/h1-26H/i1D,2D,3D,4D,5D,6D,7D,8D,9D,12D,13D,14D,15D,17D,18D,19D,20D,22D,23D,24D,25D,26D. The summed E-state index contributed by atoms with van der Waals surface area (Å²) in [6.07, 6.45) is 0. The van der Waals surface area contributed by atoms with Gasteiger partial charge in [-0.05, 0) is 83.8 Å². The van der Waals surface area contributed by atoms with Crippen LogP contribution in [-0.4, -0.2) is 0 Å². The Morgan fingerprint density at radius 1 is 0.372 bits per heavy atom. The van der Waals surface area contributed by atoms with Crippen LogP contribution in [-0.2, 0) is 0 Å². The van der Waals surface area contributed by atoms with Crippen molar-refractivity contribution >= 4 is 54.3 Å². The Labute approximate surface area is 280 Å². The maximum Gasteiger partial charge on any atom is 0.136 e. The van der Waals surface area contributed by atoms with Crippen molar-refractivity contribution in [1.82, 2.24) is 0 Å². The first-order valence-electron chi connectivity index (χ1n) is 24.0. The van der Waals surface area contributed by atoms with Crippen LogP contribution < -0.4 is 0 Å². The van der Waals surface area contributed by atoms with Crippen LogP contribution >= 0.6 is 0 Å². The van der Waals surface area contributed by atoms with Gasteiger partial charge in [0.1, 0.15) is 11.2 Å². The van der Waals surface area contributed by atoms with Crippen LogP contribution in [0, 0.1) is 0 Å². The molecule has 0 N–H and O–H groups in total. The third kappa shape index (κ3) is 3.65. The Bertz CT molecular complexity index is 3630. The summed E-state index contributed by atoms with van der Waals surface area (Å²) in [6.45, 7) is 0. The van der Waals surface area contributed by atoms with Gasteiger partial charge in [0.15, 0.2) is 0 Å². The first-order valence-corrected chi connectivity index (χ1v) is 13.0. The highest BCUT2D eigenvalue weighted by molar-refractivity contribution is 6.24. The topological polar surface area (TPSA) is 13.1 Å². The second-order valence-corrected chi connectivity index (χ2v) is 9.55. The highest BCUT2D eigenvalue weighted by Crippen LogP contribution is 2.47. The van der Waals surface area contributed by atoms with Crippen molar-refractivity contribution in [2.24, 2.45) is 0 Å². The van der Waals surface area contributed by atoms with E-state index >= 15 is 0 Å². The van der Waals surface area contributed by atoms with Gasteiger partial charge in [-0.25, -0.2) is 0 Å². The zero-order chi connectivity index (χ0) is 47.5. The van der Waals surface area contributed by atoms with E-state index in [1.165, 1.54) is 0 Å². The van der Waals surface area contributed by atoms with Gasteiger partial charge in [0.25, 0.3) is 0 Å². The third-order valence-electron chi connectivity index (χ3n) is 7.27. The van der Waals surface area contributed by atoms with E-state index < -0.39 is 199 Å². The number of benzene rings is 8. The lowest BCUT2D eigenvalue weighted by atomic mass is 9.83. The van der Waals surface area contributed by atoms with Crippen LogP contribution in [0.2, 0.25) is 0 Å². The number of fused-ring (bicyclic) bond motifs is 6. The van der Waals surface area contributed by atoms with Gasteiger partial charge in [-0.3, -0.25) is 0 Å². The van der Waals surface area contributed by atoms with Crippen molar-refractivity contribution < 1.29 is 34.6 Å². The molecule has 0 radical (unpaired) electrons. The maximum atomic E-state index is 9.66. The fourth-order valence-electron chi connectivity index (χ4n) is 5.46. The summed E-state index contributed by atoms with van der Waals surface area (Å²) in [5.41, 5.74) is -3.81. The minimum absolute atomic E-state index is 0.0509. The minimum Gasteiger partial charge on any atom is -0.456 e. The quantitative estimate of drug-likeness (QED) is 0.193. The summed E-state index contributed by atoms with van der Waals surface area (Å²) in [6, 6.07) is -12.5. The molecule has 9 aromatic rings. The second-order valence-electron chi connectivity index (χ2n) is 9.55. The van der Waals surface area contributed by atoms with E-state index in [0.29, 0.717) is 5.39 Å². The molecule has 0 unspecified atom stereocenters. The van der Waals surface area contributed by atoms with Gasteiger partial charge in [0.2, 0.25) is 0 Å². The van der Waals surface area contributed by atoms with Gasteiger partial charge in [0, 0.05) is 10.8 Å². The molecule has 0 aliphatic carbocycles. The highest BCUT2D eigenvalue weighted by Gasteiger charge is 2.19. The summed E-state index contributed by atoms with van der Waals surface area (Å²) in [5.74, 6) is 0. The van der Waals surface area contributed by atoms with Gasteiger partial charge in [-0.2, -0.15) is 0 Å². The molecule has 0 saturated carbocycles. The second kappa shape index (κ2) is 9.44. The van der Waals surface area contributed by atoms with Crippen molar-refractivity contribution in [3.8, 4) is 33.4 Å². The Balaban J connectivity index is 1.64. The number of rotatable bonds is 3. The first kappa shape index (κ1) is 10.9. The predicted molar refractivity (Wildman–Crippen MR) is 183 cm³/mol. The van der Waals surface area contributed by atoms with E-state index in [2.05, 4.69) is 0 Å². The number of para-hydroxylation sites is 1. The molecule has 0 aliphatic heterocycles. The van der Waals surface area contributed by atoms with Crippen LogP contribution in [0.5, 0.6) is 0 Å². The molecule has 0 saturated heterocycles. The molecule has 0 amide bonds. The summed E-state index contributed by atoms with van der Waals surface area (Å²) in [4.78, 5) is 0. The molecule has 0 aliphatic rings. The molecule has 43 heavy (non-hydrogen) atoms. The van der Waals surface area contributed by atoms with Crippen molar-refractivity contribution in [2.75, 3.05) is 0 Å². The van der Waals surface area contributed by atoms with E-state index in [4.69, 9.17) is 20.9 Å². The largest absolute Gasteiger partial charge is 0.456 e. The van der Waals surface area contributed by atoms with Crippen molar-refractivity contribution in [1.29, 1.82) is 0 Å². The Morgan fingerprint density at radius 3 is 1.63 bits per heavy atom. The summed E-state index contributed by atoms with van der Waals surface area (Å²) in [7, 11) is 0. The fourth-order valence-corrected chi connectivity index (χ4v) is 5.46. The molecule has 0 bridgehead atoms. The van der Waals surface area contributed by atoms with E-state index in [9.17, 15) is 13.7 Å². The van der Waals surface area contributed by atoms with Crippen molar-refractivity contribution in [3.05, 3.63) is 157 Å². The molecule has 1 heteroatoms. The molecule has 1 heterocycles. The Kier molecular flexibility index (Phi) is 2.39. The Morgan fingerprint density at radius 2 is 0.930 bits per heavy atom. The average molecular weight is 569 g/mol. The van der Waals surface area contributed by atoms with E-state index in [0.717, 1.165) is 0 Å². The molecule has 1 nitrogen and oxygen atoms in total. The summed E-state index contributed by atoms with van der Waals surface area (Å²) < 4.78 is 205. The van der Waals surface area contributed by atoms with Gasteiger partial charge in [0.05, 0.1) is 30.2 Å². The summed E-state index contributed by atoms with van der Waals surface area (Å²) in [5, 5.41) is -3.35. The van der Waals surface area contributed by atoms with Crippen LogP contribution in [0.1, 0.15) is 30.2 Å². The number of hydrogen-bond donors (Lipinski definition) is 0. The van der Waals surface area contributed by atoms with Crippen LogP contribution in [0.4, 0.5) is 0 Å². The SMILES string of the molecule is [2H]c1c([2H])c([2H])c(-c2c([2H])c([2H])c(-c3c4c([2H])c([2H])c([2H])c([2H])c4c(-c4c([2H])c([2H])c5c(oc6ccccc65)c4[2H])c4c([2H])c([2H])c([2H])c([2H])c34)c3c([2H])c([2H])c([2H])c([2H])c23)c([2H])c1[2H]. The molecule has 0 fully saturated rings. The van der Waals surface area contributed by atoms with Gasteiger partial charge in [-0.1, -0.05) is 139 Å². The maximum absolute atomic E-state index is 9.66. The van der Waals surface area contributed by atoms with Crippen LogP contribution in [0.3, 0.4) is 0 Å². The monoisotopic (exact) mass is 568 g/mol. The van der Waals surface area contributed by atoms with Gasteiger partial charge >= 0.3 is 0 Å². The molecular weight excluding hydrogens is 520 g/mol.